The SMILES string of the molecule is CC[C@]1(O)[C@H](OC(C)=O)CC(c2ccncc2N)O[C@@H]1CCC(=O)O[C@H]1C[C@@H](c2ccncc2N)O[C@@H](C)[C@@]1(O)CC. The molecule has 2 fully saturated rings. The molecule has 4 heterocycles. The minimum atomic E-state index is -1.55. The van der Waals surface area contributed by atoms with Gasteiger partial charge < -0.3 is 40.6 Å². The Kier molecular flexibility index (Phi) is 9.71. The van der Waals surface area contributed by atoms with Crippen LogP contribution in [0.15, 0.2) is 36.9 Å². The van der Waals surface area contributed by atoms with Crippen molar-refractivity contribution in [2.24, 2.45) is 0 Å². The average molecular weight is 587 g/mol. The lowest BCUT2D eigenvalue weighted by atomic mass is 9.78. The molecule has 6 N–H and O–H groups in total. The van der Waals surface area contributed by atoms with Crippen LogP contribution in [0.4, 0.5) is 11.4 Å². The molecule has 0 saturated carbocycles. The Morgan fingerprint density at radius 3 is 1.95 bits per heavy atom. The van der Waals surface area contributed by atoms with Gasteiger partial charge in [0.15, 0.2) is 0 Å². The van der Waals surface area contributed by atoms with Crippen LogP contribution in [-0.2, 0) is 28.5 Å². The van der Waals surface area contributed by atoms with Crippen LogP contribution in [0.25, 0.3) is 0 Å². The first kappa shape index (κ1) is 31.6. The topological polar surface area (TPSA) is 189 Å². The Bertz CT molecular complexity index is 1260. The Balaban J connectivity index is 1.52. The van der Waals surface area contributed by atoms with E-state index in [0.29, 0.717) is 28.9 Å². The van der Waals surface area contributed by atoms with Gasteiger partial charge in [0.2, 0.25) is 0 Å². The molecule has 2 saturated heterocycles. The minimum absolute atomic E-state index is 0.0759. The van der Waals surface area contributed by atoms with Crippen LogP contribution < -0.4 is 11.5 Å². The smallest absolute Gasteiger partial charge is 0.306 e. The number of hydrogen-bond acceptors (Lipinski definition) is 12. The van der Waals surface area contributed by atoms with E-state index in [1.165, 1.54) is 19.3 Å². The van der Waals surface area contributed by atoms with Gasteiger partial charge in [-0.05, 0) is 38.3 Å². The third kappa shape index (κ3) is 6.36. The molecule has 12 nitrogen and oxygen atoms in total. The Morgan fingerprint density at radius 1 is 0.929 bits per heavy atom. The minimum Gasteiger partial charge on any atom is -0.459 e. The largest absolute Gasteiger partial charge is 0.459 e. The summed E-state index contributed by atoms with van der Waals surface area (Å²) in [6.07, 6.45) is 2.69. The van der Waals surface area contributed by atoms with Crippen LogP contribution >= 0.6 is 0 Å². The first-order valence-electron chi connectivity index (χ1n) is 14.4. The van der Waals surface area contributed by atoms with Crippen molar-refractivity contribution in [3.63, 3.8) is 0 Å². The van der Waals surface area contributed by atoms with E-state index in [1.807, 2.05) is 0 Å². The lowest BCUT2D eigenvalue weighted by molar-refractivity contribution is -0.244. The number of ether oxygens (including phenoxy) is 4. The van der Waals surface area contributed by atoms with Crippen molar-refractivity contribution < 1.29 is 38.7 Å². The molecule has 2 aromatic heterocycles. The van der Waals surface area contributed by atoms with Gasteiger partial charge in [-0.15, -0.1) is 0 Å². The van der Waals surface area contributed by atoms with Crippen LogP contribution in [0.5, 0.6) is 0 Å². The van der Waals surface area contributed by atoms with Gasteiger partial charge in [-0.25, -0.2) is 0 Å². The maximum atomic E-state index is 13.3. The monoisotopic (exact) mass is 586 g/mol. The lowest BCUT2D eigenvalue weighted by Gasteiger charge is -2.48. The normalized spacial score (nSPS) is 33.1. The number of hydrogen-bond donors (Lipinski definition) is 4. The van der Waals surface area contributed by atoms with E-state index < -0.39 is 59.8 Å². The molecule has 12 heteroatoms. The summed E-state index contributed by atoms with van der Waals surface area (Å²) in [4.78, 5) is 33.3. The van der Waals surface area contributed by atoms with Crippen molar-refractivity contribution in [3.8, 4) is 0 Å². The molecule has 0 bridgehead atoms. The van der Waals surface area contributed by atoms with Crippen LogP contribution in [0.2, 0.25) is 0 Å². The first-order chi connectivity index (χ1) is 19.9. The molecule has 4 rings (SSSR count). The highest BCUT2D eigenvalue weighted by Gasteiger charge is 2.52. The summed E-state index contributed by atoms with van der Waals surface area (Å²) in [5.41, 5.74) is 11.5. The predicted octanol–water partition coefficient (Wildman–Crippen LogP) is 2.93. The molecule has 2 aliphatic rings. The van der Waals surface area contributed by atoms with Crippen molar-refractivity contribution >= 4 is 23.3 Å². The highest BCUT2D eigenvalue weighted by molar-refractivity contribution is 5.70. The van der Waals surface area contributed by atoms with Gasteiger partial charge in [0, 0.05) is 49.7 Å². The zero-order valence-corrected chi connectivity index (χ0v) is 24.6. The van der Waals surface area contributed by atoms with Crippen molar-refractivity contribution in [1.29, 1.82) is 0 Å². The second-order valence-corrected chi connectivity index (χ2v) is 11.2. The number of nitrogens with zero attached hydrogens (tertiary/aromatic N) is 2. The molecule has 0 aromatic carbocycles. The molecule has 42 heavy (non-hydrogen) atoms. The fourth-order valence-corrected chi connectivity index (χ4v) is 6.14. The molecular formula is C30H42N4O8. The summed E-state index contributed by atoms with van der Waals surface area (Å²) >= 11 is 0. The third-order valence-corrected chi connectivity index (χ3v) is 8.72. The first-order valence-corrected chi connectivity index (χ1v) is 14.4. The van der Waals surface area contributed by atoms with Crippen molar-refractivity contribution in [2.75, 3.05) is 11.5 Å². The number of carbonyl (C=O) groups excluding carboxylic acids is 2. The van der Waals surface area contributed by atoms with Crippen molar-refractivity contribution in [1.82, 2.24) is 9.97 Å². The summed E-state index contributed by atoms with van der Waals surface area (Å²) in [7, 11) is 0. The van der Waals surface area contributed by atoms with Crippen molar-refractivity contribution in [3.05, 3.63) is 48.0 Å². The molecular weight excluding hydrogens is 544 g/mol. The van der Waals surface area contributed by atoms with Crippen LogP contribution in [-0.4, -0.2) is 67.7 Å². The number of nitrogen functional groups attached to an aromatic ring is 2. The van der Waals surface area contributed by atoms with Gasteiger partial charge in [0.1, 0.15) is 23.4 Å². The van der Waals surface area contributed by atoms with Gasteiger partial charge in [-0.1, -0.05) is 13.8 Å². The van der Waals surface area contributed by atoms with E-state index in [-0.39, 0.29) is 32.1 Å². The maximum absolute atomic E-state index is 13.3. The van der Waals surface area contributed by atoms with Crippen LogP contribution in [0.1, 0.15) is 89.6 Å². The summed E-state index contributed by atoms with van der Waals surface area (Å²) in [5.74, 6) is -1.11. The molecule has 0 amide bonds. The molecule has 0 spiro atoms. The predicted molar refractivity (Wildman–Crippen MR) is 153 cm³/mol. The average Bonchev–Trinajstić information content (AvgIpc) is 2.96. The Hall–Kier alpha value is -3.32. The maximum Gasteiger partial charge on any atom is 0.306 e. The van der Waals surface area contributed by atoms with E-state index in [1.54, 1.807) is 45.3 Å². The molecule has 0 aliphatic carbocycles. The number of anilines is 2. The van der Waals surface area contributed by atoms with Gasteiger partial charge in [-0.2, -0.15) is 0 Å². The summed E-state index contributed by atoms with van der Waals surface area (Å²) in [5, 5.41) is 23.1. The van der Waals surface area contributed by atoms with Crippen LogP contribution in [0.3, 0.4) is 0 Å². The van der Waals surface area contributed by atoms with E-state index in [4.69, 9.17) is 30.4 Å². The number of aliphatic hydroxyl groups is 2. The van der Waals surface area contributed by atoms with E-state index in [0.717, 1.165) is 0 Å². The highest BCUT2D eigenvalue weighted by atomic mass is 16.6. The number of rotatable bonds is 9. The number of nitrogens with two attached hydrogens (primary N) is 2. The zero-order valence-electron chi connectivity index (χ0n) is 24.6. The van der Waals surface area contributed by atoms with E-state index in [2.05, 4.69) is 9.97 Å². The van der Waals surface area contributed by atoms with E-state index in [9.17, 15) is 19.8 Å². The highest BCUT2D eigenvalue weighted by Crippen LogP contribution is 2.44. The quantitative estimate of drug-likeness (QED) is 0.315. The molecule has 8 atom stereocenters. The molecule has 230 valence electrons. The van der Waals surface area contributed by atoms with Gasteiger partial charge in [0.25, 0.3) is 0 Å². The van der Waals surface area contributed by atoms with E-state index >= 15 is 0 Å². The number of esters is 2. The van der Waals surface area contributed by atoms with Gasteiger partial charge >= 0.3 is 11.9 Å². The summed E-state index contributed by atoms with van der Waals surface area (Å²) in [6, 6.07) is 3.47. The second kappa shape index (κ2) is 12.9. The number of carbonyl (C=O) groups is 2. The number of aromatic nitrogens is 2. The standard InChI is InChI=1S/C30H42N4O8/c1-5-29(37)17(3)39-23(19-9-11-33-15-21(19)31)13-26(29)42-28(36)8-7-25-30(38,6-2)27(40-18(4)35)14-24(41-25)20-10-12-34-16-22(20)32/h9-12,15-17,23-27,37-38H,5-8,13-14,31-32H2,1-4H3/t17-,23-,24?,25+,26-,27+,29-,30+/m0/s1. The zero-order chi connectivity index (χ0) is 30.7. The third-order valence-electron chi connectivity index (χ3n) is 8.72. The fraction of sp³-hybridized carbons (Fsp3) is 0.600. The Labute approximate surface area is 245 Å². The lowest BCUT2D eigenvalue weighted by Crippen LogP contribution is -2.59. The Morgan fingerprint density at radius 2 is 1.45 bits per heavy atom. The van der Waals surface area contributed by atoms with Crippen molar-refractivity contribution in [2.45, 2.75) is 114 Å². The fourth-order valence-electron chi connectivity index (χ4n) is 6.14. The van der Waals surface area contributed by atoms with Gasteiger partial charge in [-0.3, -0.25) is 19.6 Å². The van der Waals surface area contributed by atoms with Gasteiger partial charge in [0.05, 0.1) is 48.2 Å². The molecule has 1 unspecified atom stereocenters. The number of pyridine rings is 2. The second-order valence-electron chi connectivity index (χ2n) is 11.2. The van der Waals surface area contributed by atoms with Crippen LogP contribution in [0, 0.1) is 0 Å². The summed E-state index contributed by atoms with van der Waals surface area (Å²) < 4.78 is 23.9. The molecule has 2 aromatic rings. The molecule has 2 aliphatic heterocycles. The summed E-state index contributed by atoms with van der Waals surface area (Å²) in [6.45, 7) is 6.59. The molecule has 0 radical (unpaired) electrons.